The van der Waals surface area contributed by atoms with Gasteiger partial charge in [0.1, 0.15) is 5.75 Å². The number of benzene rings is 1. The molecule has 1 N–H and O–H groups in total. The van der Waals surface area contributed by atoms with Gasteiger partial charge in [0.15, 0.2) is 0 Å². The fourth-order valence-corrected chi connectivity index (χ4v) is 2.99. The van der Waals surface area contributed by atoms with E-state index in [1.165, 1.54) is 37.7 Å². The van der Waals surface area contributed by atoms with Gasteiger partial charge in [0.25, 0.3) is 0 Å². The summed E-state index contributed by atoms with van der Waals surface area (Å²) in [6, 6.07) is 9.12. The first kappa shape index (κ1) is 15.4. The molecule has 0 heterocycles. The Morgan fingerprint density at radius 2 is 2.10 bits per heavy atom. The van der Waals surface area contributed by atoms with Crippen LogP contribution < -0.4 is 10.1 Å². The Balaban J connectivity index is 1.85. The normalized spacial score (nSPS) is 22.7. The summed E-state index contributed by atoms with van der Waals surface area (Å²) in [5.41, 5.74) is 1.29. The number of nitrogens with one attached hydrogen (secondary N) is 1. The first-order valence-electron chi connectivity index (χ1n) is 8.23. The van der Waals surface area contributed by atoms with Crippen molar-refractivity contribution in [1.82, 2.24) is 5.32 Å². The molecule has 0 amide bonds. The number of hydrogen-bond acceptors (Lipinski definition) is 2. The summed E-state index contributed by atoms with van der Waals surface area (Å²) in [5.74, 6) is 1.93. The van der Waals surface area contributed by atoms with Crippen molar-refractivity contribution in [3.63, 3.8) is 0 Å². The van der Waals surface area contributed by atoms with Crippen LogP contribution in [0.15, 0.2) is 24.3 Å². The Kier molecular flexibility index (Phi) is 6.38. The molecular weight excluding hydrogens is 246 g/mol. The van der Waals surface area contributed by atoms with Gasteiger partial charge in [0.2, 0.25) is 0 Å². The SMILES string of the molecule is CCCCOc1ccccc1CNC1CCCC(C)C1. The maximum absolute atomic E-state index is 5.90. The third-order valence-corrected chi connectivity index (χ3v) is 4.25. The minimum atomic E-state index is 0.683. The van der Waals surface area contributed by atoms with E-state index in [0.717, 1.165) is 31.2 Å². The number of unbranched alkanes of at least 4 members (excludes halogenated alkanes) is 1. The van der Waals surface area contributed by atoms with E-state index in [1.807, 2.05) is 0 Å². The molecule has 1 aliphatic rings. The largest absolute Gasteiger partial charge is 0.493 e. The van der Waals surface area contributed by atoms with E-state index in [0.29, 0.717) is 6.04 Å². The zero-order valence-corrected chi connectivity index (χ0v) is 13.0. The third-order valence-electron chi connectivity index (χ3n) is 4.25. The van der Waals surface area contributed by atoms with Crippen molar-refractivity contribution in [3.8, 4) is 5.75 Å². The summed E-state index contributed by atoms with van der Waals surface area (Å²) in [5, 5.41) is 3.72. The molecule has 0 radical (unpaired) electrons. The second kappa shape index (κ2) is 8.31. The highest BCUT2D eigenvalue weighted by molar-refractivity contribution is 5.33. The highest BCUT2D eigenvalue weighted by Gasteiger charge is 2.18. The zero-order chi connectivity index (χ0) is 14.2. The molecule has 1 aliphatic carbocycles. The van der Waals surface area contributed by atoms with Crippen molar-refractivity contribution in [1.29, 1.82) is 0 Å². The quantitative estimate of drug-likeness (QED) is 0.738. The van der Waals surface area contributed by atoms with Crippen molar-refractivity contribution >= 4 is 0 Å². The Morgan fingerprint density at radius 1 is 1.25 bits per heavy atom. The lowest BCUT2D eigenvalue weighted by atomic mass is 9.87. The molecule has 2 unspecified atom stereocenters. The van der Waals surface area contributed by atoms with Crippen LogP contribution in [0, 0.1) is 5.92 Å². The average Bonchev–Trinajstić information content (AvgIpc) is 2.47. The third kappa shape index (κ3) is 4.82. The van der Waals surface area contributed by atoms with Gasteiger partial charge in [0.05, 0.1) is 6.61 Å². The topological polar surface area (TPSA) is 21.3 Å². The van der Waals surface area contributed by atoms with Gasteiger partial charge in [-0.05, 0) is 31.2 Å². The molecule has 20 heavy (non-hydrogen) atoms. The Labute approximate surface area is 123 Å². The van der Waals surface area contributed by atoms with Crippen LogP contribution in [0.2, 0.25) is 0 Å². The lowest BCUT2D eigenvalue weighted by Crippen LogP contribution is -2.33. The summed E-state index contributed by atoms with van der Waals surface area (Å²) in [6.07, 6.45) is 7.71. The van der Waals surface area contributed by atoms with Gasteiger partial charge < -0.3 is 10.1 Å². The van der Waals surface area contributed by atoms with Crippen molar-refractivity contribution in [2.45, 2.75) is 65.0 Å². The molecule has 112 valence electrons. The van der Waals surface area contributed by atoms with Crippen LogP contribution in [0.25, 0.3) is 0 Å². The minimum absolute atomic E-state index is 0.683. The van der Waals surface area contributed by atoms with E-state index in [9.17, 15) is 0 Å². The van der Waals surface area contributed by atoms with Gasteiger partial charge in [0, 0.05) is 18.2 Å². The predicted octanol–water partition coefficient (Wildman–Crippen LogP) is 4.53. The molecule has 2 nitrogen and oxygen atoms in total. The molecule has 1 aromatic rings. The molecule has 1 saturated carbocycles. The molecule has 0 aromatic heterocycles. The van der Waals surface area contributed by atoms with Gasteiger partial charge in [-0.2, -0.15) is 0 Å². The van der Waals surface area contributed by atoms with Gasteiger partial charge in [-0.3, -0.25) is 0 Å². The molecule has 0 spiro atoms. The van der Waals surface area contributed by atoms with E-state index >= 15 is 0 Å². The Bertz CT molecular complexity index is 391. The monoisotopic (exact) mass is 275 g/mol. The molecular formula is C18H29NO. The first-order valence-corrected chi connectivity index (χ1v) is 8.23. The van der Waals surface area contributed by atoms with E-state index in [4.69, 9.17) is 4.74 Å². The summed E-state index contributed by atoms with van der Waals surface area (Å²) >= 11 is 0. The molecule has 1 fully saturated rings. The van der Waals surface area contributed by atoms with Crippen molar-refractivity contribution in [2.24, 2.45) is 5.92 Å². The van der Waals surface area contributed by atoms with Crippen LogP contribution in [0.4, 0.5) is 0 Å². The maximum atomic E-state index is 5.90. The van der Waals surface area contributed by atoms with Gasteiger partial charge in [-0.25, -0.2) is 0 Å². The average molecular weight is 275 g/mol. The lowest BCUT2D eigenvalue weighted by molar-refractivity contribution is 0.291. The van der Waals surface area contributed by atoms with E-state index < -0.39 is 0 Å². The van der Waals surface area contributed by atoms with Crippen LogP contribution in [-0.4, -0.2) is 12.6 Å². The first-order chi connectivity index (χ1) is 9.79. The smallest absolute Gasteiger partial charge is 0.123 e. The standard InChI is InChI=1S/C18H29NO/c1-3-4-12-20-18-11-6-5-9-16(18)14-19-17-10-7-8-15(2)13-17/h5-6,9,11,15,17,19H,3-4,7-8,10,12-14H2,1-2H3. The van der Waals surface area contributed by atoms with Crippen molar-refractivity contribution in [2.75, 3.05) is 6.61 Å². The Hall–Kier alpha value is -1.02. The molecule has 2 heteroatoms. The van der Waals surface area contributed by atoms with Gasteiger partial charge >= 0.3 is 0 Å². The number of ether oxygens (including phenoxy) is 1. The van der Waals surface area contributed by atoms with Crippen LogP contribution in [0.1, 0.15) is 57.9 Å². The summed E-state index contributed by atoms with van der Waals surface area (Å²) in [6.45, 7) is 6.32. The summed E-state index contributed by atoms with van der Waals surface area (Å²) in [4.78, 5) is 0. The van der Waals surface area contributed by atoms with Gasteiger partial charge in [-0.15, -0.1) is 0 Å². The second-order valence-corrected chi connectivity index (χ2v) is 6.16. The minimum Gasteiger partial charge on any atom is -0.493 e. The van der Waals surface area contributed by atoms with Crippen molar-refractivity contribution in [3.05, 3.63) is 29.8 Å². The number of para-hydroxylation sites is 1. The second-order valence-electron chi connectivity index (χ2n) is 6.16. The number of hydrogen-bond donors (Lipinski definition) is 1. The van der Waals surface area contributed by atoms with Crippen LogP contribution in [0.3, 0.4) is 0 Å². The van der Waals surface area contributed by atoms with Crippen LogP contribution in [0.5, 0.6) is 5.75 Å². The predicted molar refractivity (Wildman–Crippen MR) is 85.1 cm³/mol. The lowest BCUT2D eigenvalue weighted by Gasteiger charge is -2.27. The highest BCUT2D eigenvalue weighted by atomic mass is 16.5. The van der Waals surface area contributed by atoms with E-state index in [-0.39, 0.29) is 0 Å². The molecule has 0 bridgehead atoms. The molecule has 1 aromatic carbocycles. The highest BCUT2D eigenvalue weighted by Crippen LogP contribution is 2.24. The van der Waals surface area contributed by atoms with Crippen LogP contribution in [-0.2, 0) is 6.54 Å². The molecule has 0 saturated heterocycles. The summed E-state index contributed by atoms with van der Waals surface area (Å²) < 4.78 is 5.90. The maximum Gasteiger partial charge on any atom is 0.123 e. The number of rotatable bonds is 7. The summed E-state index contributed by atoms with van der Waals surface area (Å²) in [7, 11) is 0. The zero-order valence-electron chi connectivity index (χ0n) is 13.0. The van der Waals surface area contributed by atoms with E-state index in [1.54, 1.807) is 0 Å². The van der Waals surface area contributed by atoms with E-state index in [2.05, 4.69) is 43.4 Å². The molecule has 0 aliphatic heterocycles. The fourth-order valence-electron chi connectivity index (χ4n) is 2.99. The van der Waals surface area contributed by atoms with Gasteiger partial charge in [-0.1, -0.05) is 51.3 Å². The molecule has 2 atom stereocenters. The fraction of sp³-hybridized carbons (Fsp3) is 0.667. The van der Waals surface area contributed by atoms with Crippen LogP contribution >= 0.6 is 0 Å². The van der Waals surface area contributed by atoms with Crippen molar-refractivity contribution < 1.29 is 4.74 Å². The Morgan fingerprint density at radius 3 is 2.90 bits per heavy atom. The molecule has 2 rings (SSSR count).